The van der Waals surface area contributed by atoms with Crippen LogP contribution < -0.4 is 4.74 Å². The lowest BCUT2D eigenvalue weighted by Crippen LogP contribution is -2.51. The summed E-state index contributed by atoms with van der Waals surface area (Å²) in [7, 11) is 2.80. The minimum atomic E-state index is -1.31. The molecule has 0 atom stereocenters. The normalized spacial score (nSPS) is 22.4. The number of benzene rings is 2. The quantitative estimate of drug-likeness (QED) is 0.377. The molecule has 1 saturated carbocycles. The highest BCUT2D eigenvalue weighted by molar-refractivity contribution is 6.00. The van der Waals surface area contributed by atoms with E-state index in [0.29, 0.717) is 35.2 Å². The van der Waals surface area contributed by atoms with Crippen LogP contribution in [0.25, 0.3) is 27.5 Å². The molecule has 2 fully saturated rings. The summed E-state index contributed by atoms with van der Waals surface area (Å²) in [6.07, 6.45) is 3.47. The Labute approximate surface area is 211 Å². The molecule has 2 aromatic carbocycles. The number of carboxylic acids is 1. The molecule has 1 aliphatic heterocycles. The number of aliphatic carboxylic acids is 1. The van der Waals surface area contributed by atoms with Crippen molar-refractivity contribution in [3.05, 3.63) is 53.4 Å². The summed E-state index contributed by atoms with van der Waals surface area (Å²) in [5.74, 6) is -2.09. The van der Waals surface area contributed by atoms with Crippen molar-refractivity contribution in [2.24, 2.45) is 0 Å². The van der Waals surface area contributed by atoms with Gasteiger partial charge in [0.15, 0.2) is 23.0 Å². The molecule has 8 nitrogen and oxygen atoms in total. The Kier molecular flexibility index (Phi) is 5.68. The fourth-order valence-electron chi connectivity index (χ4n) is 6.07. The molecule has 6 rings (SSSR count). The number of nitrogens with zero attached hydrogens (tertiary/aromatic N) is 2. The standard InChI is InChI=1S/C27H27F2N3O5/c1-35-20-10-17(3-4-18(20)28)32-19-9-15-13-30-31-24(15)23(29)22(19)21(25(32)14-5-7-37-8-6-14)16-11-27(12-16,36-2)26(33)34/h3-4,9-10,13-14,16H,5-8,11-12H2,1-2H3,(H,30,31)(H,33,34). The van der Waals surface area contributed by atoms with E-state index in [-0.39, 0.29) is 35.9 Å². The number of hydrogen-bond donors (Lipinski definition) is 2. The molecule has 0 unspecified atom stereocenters. The summed E-state index contributed by atoms with van der Waals surface area (Å²) in [6, 6.07) is 6.47. The maximum atomic E-state index is 16.3. The molecular weight excluding hydrogens is 484 g/mol. The molecule has 0 bridgehead atoms. The van der Waals surface area contributed by atoms with Crippen LogP contribution in [0.15, 0.2) is 30.5 Å². The van der Waals surface area contributed by atoms with E-state index in [1.165, 1.54) is 20.3 Å². The zero-order valence-electron chi connectivity index (χ0n) is 20.5. The highest BCUT2D eigenvalue weighted by atomic mass is 19.1. The monoisotopic (exact) mass is 511 g/mol. The number of H-pyrrole nitrogens is 1. The summed E-state index contributed by atoms with van der Waals surface area (Å²) in [5.41, 5.74) is 1.90. The van der Waals surface area contributed by atoms with Gasteiger partial charge in [0.25, 0.3) is 0 Å². The first-order chi connectivity index (χ1) is 17.9. The molecule has 0 spiro atoms. The lowest BCUT2D eigenvalue weighted by Gasteiger charge is -2.44. The van der Waals surface area contributed by atoms with Crippen molar-refractivity contribution in [2.75, 3.05) is 27.4 Å². The van der Waals surface area contributed by atoms with E-state index in [1.54, 1.807) is 18.3 Å². The zero-order chi connectivity index (χ0) is 25.9. The van der Waals surface area contributed by atoms with Gasteiger partial charge in [-0.2, -0.15) is 5.10 Å². The van der Waals surface area contributed by atoms with Crippen LogP contribution in [0.3, 0.4) is 0 Å². The maximum absolute atomic E-state index is 16.3. The molecule has 1 aliphatic carbocycles. The Bertz CT molecular complexity index is 1520. The number of rotatable bonds is 6. The molecule has 1 saturated heterocycles. The van der Waals surface area contributed by atoms with Crippen LogP contribution in [-0.4, -0.2) is 58.9 Å². The van der Waals surface area contributed by atoms with E-state index >= 15 is 4.39 Å². The van der Waals surface area contributed by atoms with Crippen molar-refractivity contribution in [1.82, 2.24) is 14.8 Å². The third kappa shape index (κ3) is 3.53. The zero-order valence-corrected chi connectivity index (χ0v) is 20.5. The van der Waals surface area contributed by atoms with Gasteiger partial charge in [0.05, 0.1) is 18.8 Å². The lowest BCUT2D eigenvalue weighted by molar-refractivity contribution is -0.175. The smallest absolute Gasteiger partial charge is 0.335 e. The van der Waals surface area contributed by atoms with E-state index < -0.39 is 23.2 Å². The molecule has 3 heterocycles. The number of aromatic nitrogens is 3. The van der Waals surface area contributed by atoms with Gasteiger partial charge in [-0.1, -0.05) is 0 Å². The van der Waals surface area contributed by atoms with Crippen molar-refractivity contribution in [2.45, 2.75) is 43.1 Å². The number of fused-ring (bicyclic) bond motifs is 2. The fourth-order valence-corrected chi connectivity index (χ4v) is 6.07. The SMILES string of the molecule is COc1cc(-n2c(C3CCOCC3)c(C3CC(OC)(C(=O)O)C3)c3c(F)c4[nH]ncc4cc32)ccc1F. The van der Waals surface area contributed by atoms with Gasteiger partial charge in [-0.25, -0.2) is 13.6 Å². The predicted octanol–water partition coefficient (Wildman–Crippen LogP) is 5.03. The number of ether oxygens (including phenoxy) is 3. The Morgan fingerprint density at radius 1 is 1.19 bits per heavy atom. The van der Waals surface area contributed by atoms with E-state index in [0.717, 1.165) is 24.1 Å². The van der Waals surface area contributed by atoms with Gasteiger partial charge in [0.1, 0.15) is 5.52 Å². The number of aromatic amines is 1. The Morgan fingerprint density at radius 3 is 2.62 bits per heavy atom. The third-order valence-corrected chi connectivity index (χ3v) is 8.03. The molecule has 0 amide bonds. The number of methoxy groups -OCH3 is 2. The minimum Gasteiger partial charge on any atom is -0.494 e. The van der Waals surface area contributed by atoms with E-state index in [2.05, 4.69) is 10.2 Å². The number of halogens is 2. The highest BCUT2D eigenvalue weighted by Gasteiger charge is 2.53. The largest absolute Gasteiger partial charge is 0.494 e. The van der Waals surface area contributed by atoms with Gasteiger partial charge >= 0.3 is 5.97 Å². The Balaban J connectivity index is 1.68. The van der Waals surface area contributed by atoms with Crippen LogP contribution in [0.1, 0.15) is 48.8 Å². The van der Waals surface area contributed by atoms with Crippen molar-refractivity contribution >= 4 is 27.8 Å². The highest BCUT2D eigenvalue weighted by Crippen LogP contribution is 2.53. The molecule has 2 N–H and O–H groups in total. The summed E-state index contributed by atoms with van der Waals surface area (Å²) in [6.45, 7) is 1.13. The summed E-state index contributed by atoms with van der Waals surface area (Å²) < 4.78 is 48.9. The van der Waals surface area contributed by atoms with E-state index in [1.807, 2.05) is 10.6 Å². The van der Waals surface area contributed by atoms with Gasteiger partial charge in [-0.3, -0.25) is 5.10 Å². The van der Waals surface area contributed by atoms with Gasteiger partial charge in [0, 0.05) is 54.5 Å². The first kappa shape index (κ1) is 23.9. The van der Waals surface area contributed by atoms with Crippen molar-refractivity contribution < 1.29 is 32.9 Å². The van der Waals surface area contributed by atoms with Crippen molar-refractivity contribution in [3.8, 4) is 11.4 Å². The molecule has 2 aromatic heterocycles. The van der Waals surface area contributed by atoms with Crippen molar-refractivity contribution in [1.29, 1.82) is 0 Å². The topological polar surface area (TPSA) is 98.6 Å². The summed E-state index contributed by atoms with van der Waals surface area (Å²) in [5, 5.41) is 17.6. The molecular formula is C27H27F2N3O5. The van der Waals surface area contributed by atoms with Gasteiger partial charge in [-0.15, -0.1) is 0 Å². The number of nitrogens with one attached hydrogen (secondary N) is 1. The van der Waals surface area contributed by atoms with E-state index in [9.17, 15) is 14.3 Å². The van der Waals surface area contributed by atoms with Crippen LogP contribution in [0.2, 0.25) is 0 Å². The third-order valence-electron chi connectivity index (χ3n) is 8.03. The van der Waals surface area contributed by atoms with Crippen LogP contribution >= 0.6 is 0 Å². The lowest BCUT2D eigenvalue weighted by atomic mass is 9.66. The minimum absolute atomic E-state index is 0.0328. The van der Waals surface area contributed by atoms with Gasteiger partial charge in [0.2, 0.25) is 0 Å². The fraction of sp³-hybridized carbons (Fsp3) is 0.407. The second kappa shape index (κ2) is 8.81. The second-order valence-electron chi connectivity index (χ2n) is 9.87. The maximum Gasteiger partial charge on any atom is 0.335 e. The van der Waals surface area contributed by atoms with Crippen LogP contribution in [0.4, 0.5) is 8.78 Å². The molecule has 37 heavy (non-hydrogen) atoms. The van der Waals surface area contributed by atoms with Crippen LogP contribution in [-0.2, 0) is 14.3 Å². The molecule has 4 aromatic rings. The van der Waals surface area contributed by atoms with Crippen molar-refractivity contribution in [3.63, 3.8) is 0 Å². The Hall–Kier alpha value is -3.50. The first-order valence-corrected chi connectivity index (χ1v) is 12.3. The van der Waals surface area contributed by atoms with Gasteiger partial charge in [-0.05, 0) is 55.4 Å². The Morgan fingerprint density at radius 2 is 1.95 bits per heavy atom. The molecule has 2 aliphatic rings. The molecule has 0 radical (unpaired) electrons. The van der Waals surface area contributed by atoms with E-state index in [4.69, 9.17) is 14.2 Å². The average Bonchev–Trinajstić information content (AvgIpc) is 3.48. The summed E-state index contributed by atoms with van der Waals surface area (Å²) >= 11 is 0. The molecule has 194 valence electrons. The number of carboxylic acid groups (broad SMARTS) is 1. The predicted molar refractivity (Wildman–Crippen MR) is 132 cm³/mol. The number of hydrogen-bond acceptors (Lipinski definition) is 5. The molecule has 10 heteroatoms. The van der Waals surface area contributed by atoms with Crippen LogP contribution in [0.5, 0.6) is 5.75 Å². The van der Waals surface area contributed by atoms with Gasteiger partial charge < -0.3 is 23.9 Å². The van der Waals surface area contributed by atoms with Crippen LogP contribution in [0, 0.1) is 11.6 Å². The average molecular weight is 512 g/mol. The second-order valence-corrected chi connectivity index (χ2v) is 9.87. The first-order valence-electron chi connectivity index (χ1n) is 12.3. The number of carbonyl (C=O) groups is 1. The summed E-state index contributed by atoms with van der Waals surface area (Å²) in [4.78, 5) is 12.0.